The van der Waals surface area contributed by atoms with E-state index in [1.54, 1.807) is 19.1 Å². The van der Waals surface area contributed by atoms with Crippen LogP contribution in [0.1, 0.15) is 121 Å². The number of carboxylic acid groups (broad SMARTS) is 1. The minimum Gasteiger partial charge on any atom is -0.478 e. The molecule has 0 saturated carbocycles. The highest BCUT2D eigenvalue weighted by atomic mass is 79.9. The number of Topliss-reactive ketones (excluding diaryl/α,β-unsaturated/α-hetero) is 1. The number of benzene rings is 3. The summed E-state index contributed by atoms with van der Waals surface area (Å²) in [7, 11) is 0. The van der Waals surface area contributed by atoms with Crippen LogP contribution in [0.15, 0.2) is 57.5 Å². The maximum absolute atomic E-state index is 11.5. The molecule has 0 spiro atoms. The monoisotopic (exact) mass is 706 g/mol. The van der Waals surface area contributed by atoms with Crippen LogP contribution in [0.5, 0.6) is 0 Å². The molecule has 3 aromatic carbocycles. The molecule has 2 aliphatic carbocycles. The normalized spacial score (nSPS) is 17.3. The van der Waals surface area contributed by atoms with Crippen molar-refractivity contribution in [3.05, 3.63) is 102 Å². The molecule has 0 aliphatic heterocycles. The molecule has 5 heteroatoms. The number of carbonyl (C=O) groups excluding carboxylic acids is 1. The molecule has 0 saturated heterocycles. The van der Waals surface area contributed by atoms with E-state index in [0.29, 0.717) is 16.4 Å². The molecule has 0 heterocycles. The Morgan fingerprint density at radius 3 is 1.49 bits per heavy atom. The second-order valence-corrected chi connectivity index (χ2v) is 15.5. The predicted molar refractivity (Wildman–Crippen MR) is 186 cm³/mol. The summed E-state index contributed by atoms with van der Waals surface area (Å²) in [6.07, 6.45) is 11.5. The van der Waals surface area contributed by atoms with E-state index in [4.69, 9.17) is 5.11 Å². The summed E-state index contributed by atoms with van der Waals surface area (Å²) in [5.74, 6) is -0.753. The van der Waals surface area contributed by atoms with Crippen molar-refractivity contribution in [2.45, 2.75) is 92.9 Å². The Morgan fingerprint density at radius 2 is 1.07 bits per heavy atom. The third-order valence-electron chi connectivity index (χ3n) is 9.21. The van der Waals surface area contributed by atoms with Crippen molar-refractivity contribution in [1.82, 2.24) is 0 Å². The van der Waals surface area contributed by atoms with Crippen molar-refractivity contribution < 1.29 is 14.7 Å². The maximum atomic E-state index is 11.5. The van der Waals surface area contributed by atoms with Gasteiger partial charge in [0.25, 0.3) is 0 Å². The Hall–Kier alpha value is -2.50. The molecule has 0 fully saturated rings. The SMILES string of the molecule is C/C(=C/c1ccc(C(=O)O)cc1)c1cc2c(cc1Br)CCC(C)(C)CC2.CC(=O)c1cc2c(cc1Br)CCC(C)(C)CC2. The lowest BCUT2D eigenvalue weighted by Gasteiger charge is -2.21. The molecule has 0 unspecified atom stereocenters. The zero-order valence-corrected chi connectivity index (χ0v) is 29.5. The molecule has 2 aliphatic rings. The smallest absolute Gasteiger partial charge is 0.335 e. The standard InChI is InChI=1S/C23H25BrO2.C15H19BrO/c1-15(12-16-4-6-17(7-5-16)22(25)26)20-13-18-8-10-23(2,3)11-9-19(18)14-21(20)24;1-10(17)13-8-11-4-6-15(2,3)7-5-12(11)9-14(13)16/h4-7,12-14H,8-11H2,1-3H3,(H,25,26);8-9H,4-7H2,1-3H3/b15-12-;. The highest BCUT2D eigenvalue weighted by molar-refractivity contribution is 9.10. The van der Waals surface area contributed by atoms with Gasteiger partial charge < -0.3 is 5.11 Å². The van der Waals surface area contributed by atoms with Gasteiger partial charge in [0.05, 0.1) is 5.56 Å². The van der Waals surface area contributed by atoms with Gasteiger partial charge in [-0.15, -0.1) is 0 Å². The number of carboxylic acids is 1. The fourth-order valence-corrected chi connectivity index (χ4v) is 7.39. The molecular formula is C38H44Br2O3. The first kappa shape index (κ1) is 33.4. The first-order valence-corrected chi connectivity index (χ1v) is 16.9. The first-order valence-electron chi connectivity index (χ1n) is 15.3. The summed E-state index contributed by atoms with van der Waals surface area (Å²) in [4.78, 5) is 22.5. The van der Waals surface area contributed by atoms with E-state index >= 15 is 0 Å². The highest BCUT2D eigenvalue weighted by Gasteiger charge is 2.24. The quantitative estimate of drug-likeness (QED) is 0.167. The lowest BCUT2D eigenvalue weighted by atomic mass is 9.85. The van der Waals surface area contributed by atoms with Crippen LogP contribution in [0.25, 0.3) is 11.6 Å². The molecule has 43 heavy (non-hydrogen) atoms. The Balaban J connectivity index is 0.000000215. The number of aromatic carboxylic acids is 1. The van der Waals surface area contributed by atoms with E-state index in [-0.39, 0.29) is 5.78 Å². The van der Waals surface area contributed by atoms with Crippen LogP contribution in [-0.4, -0.2) is 16.9 Å². The zero-order valence-electron chi connectivity index (χ0n) is 26.4. The molecular weight excluding hydrogens is 664 g/mol. The second kappa shape index (κ2) is 13.6. The molecule has 3 aromatic rings. The third kappa shape index (κ3) is 8.79. The van der Waals surface area contributed by atoms with Crippen LogP contribution in [0.4, 0.5) is 0 Å². The number of halogens is 2. The fourth-order valence-electron chi connectivity index (χ4n) is 6.01. The zero-order chi connectivity index (χ0) is 31.5. The third-order valence-corrected chi connectivity index (χ3v) is 10.5. The van der Waals surface area contributed by atoms with Gasteiger partial charge in [-0.25, -0.2) is 4.79 Å². The topological polar surface area (TPSA) is 54.4 Å². The summed E-state index contributed by atoms with van der Waals surface area (Å²) in [5, 5.41) is 9.02. The Kier molecular flexibility index (Phi) is 10.6. The van der Waals surface area contributed by atoms with Crippen molar-refractivity contribution in [2.75, 3.05) is 0 Å². The second-order valence-electron chi connectivity index (χ2n) is 13.8. The molecule has 0 bridgehead atoms. The fraction of sp³-hybridized carbons (Fsp3) is 0.421. The van der Waals surface area contributed by atoms with Crippen LogP contribution < -0.4 is 0 Å². The van der Waals surface area contributed by atoms with Gasteiger partial charge in [-0.3, -0.25) is 4.79 Å². The highest BCUT2D eigenvalue weighted by Crippen LogP contribution is 2.38. The number of aryl methyl sites for hydroxylation is 4. The summed E-state index contributed by atoms with van der Waals surface area (Å²) in [6, 6.07) is 15.9. The van der Waals surface area contributed by atoms with Crippen molar-refractivity contribution in [3.63, 3.8) is 0 Å². The van der Waals surface area contributed by atoms with E-state index in [9.17, 15) is 9.59 Å². The van der Waals surface area contributed by atoms with Crippen LogP contribution >= 0.6 is 31.9 Å². The first-order chi connectivity index (χ1) is 20.1. The van der Waals surface area contributed by atoms with E-state index in [2.05, 4.69) is 96.8 Å². The minimum absolute atomic E-state index is 0.142. The van der Waals surface area contributed by atoms with Gasteiger partial charge >= 0.3 is 5.97 Å². The molecule has 0 amide bonds. The van der Waals surface area contributed by atoms with E-state index in [0.717, 1.165) is 45.8 Å². The van der Waals surface area contributed by atoms with Gasteiger partial charge in [-0.05, 0) is 145 Å². The van der Waals surface area contributed by atoms with Crippen molar-refractivity contribution in [1.29, 1.82) is 0 Å². The number of fused-ring (bicyclic) bond motifs is 2. The van der Waals surface area contributed by atoms with Gasteiger partial charge in [-0.1, -0.05) is 83.8 Å². The van der Waals surface area contributed by atoms with Gasteiger partial charge in [0, 0.05) is 14.5 Å². The maximum Gasteiger partial charge on any atom is 0.335 e. The molecule has 228 valence electrons. The minimum atomic E-state index is -0.895. The van der Waals surface area contributed by atoms with Crippen molar-refractivity contribution >= 4 is 55.3 Å². The number of rotatable bonds is 4. The van der Waals surface area contributed by atoms with Crippen LogP contribution in [-0.2, 0) is 25.7 Å². The number of hydrogen-bond acceptors (Lipinski definition) is 2. The molecule has 0 atom stereocenters. The number of hydrogen-bond donors (Lipinski definition) is 1. The lowest BCUT2D eigenvalue weighted by Crippen LogP contribution is -2.10. The number of carbonyl (C=O) groups is 2. The molecule has 0 radical (unpaired) electrons. The van der Waals surface area contributed by atoms with Gasteiger partial charge in [0.15, 0.2) is 5.78 Å². The number of ketones is 1. The average Bonchev–Trinajstić information content (AvgIpc) is 3.18. The Labute approximate surface area is 274 Å². The van der Waals surface area contributed by atoms with Gasteiger partial charge in [0.1, 0.15) is 0 Å². The van der Waals surface area contributed by atoms with Crippen molar-refractivity contribution in [2.24, 2.45) is 10.8 Å². The molecule has 0 aromatic heterocycles. The number of allylic oxidation sites excluding steroid dienone is 1. The molecule has 5 rings (SSSR count). The summed E-state index contributed by atoms with van der Waals surface area (Å²) >= 11 is 7.26. The van der Waals surface area contributed by atoms with Gasteiger partial charge in [0.2, 0.25) is 0 Å². The van der Waals surface area contributed by atoms with E-state index < -0.39 is 5.97 Å². The summed E-state index contributed by atoms with van der Waals surface area (Å²) in [6.45, 7) is 13.1. The van der Waals surface area contributed by atoms with Gasteiger partial charge in [-0.2, -0.15) is 0 Å². The summed E-state index contributed by atoms with van der Waals surface area (Å²) in [5.41, 5.74) is 11.1. The van der Waals surface area contributed by atoms with Crippen LogP contribution in [0.2, 0.25) is 0 Å². The van der Waals surface area contributed by atoms with Crippen LogP contribution in [0.3, 0.4) is 0 Å². The Morgan fingerprint density at radius 1 is 0.674 bits per heavy atom. The Bertz CT molecular complexity index is 1540. The largest absolute Gasteiger partial charge is 0.478 e. The molecule has 3 nitrogen and oxygen atoms in total. The average molecular weight is 709 g/mol. The van der Waals surface area contributed by atoms with E-state index in [1.165, 1.54) is 59.1 Å². The predicted octanol–water partition coefficient (Wildman–Crippen LogP) is 11.2. The lowest BCUT2D eigenvalue weighted by molar-refractivity contribution is 0.0696. The van der Waals surface area contributed by atoms with Crippen molar-refractivity contribution in [3.8, 4) is 0 Å². The summed E-state index contributed by atoms with van der Waals surface area (Å²) < 4.78 is 2.08. The van der Waals surface area contributed by atoms with Crippen LogP contribution in [0, 0.1) is 10.8 Å². The molecule has 1 N–H and O–H groups in total. The van der Waals surface area contributed by atoms with E-state index in [1.807, 2.05) is 12.1 Å².